The molecular weight excluding hydrogens is 326 g/mol. The Hall–Kier alpha value is -0.860. The predicted octanol–water partition coefficient (Wildman–Crippen LogP) is 0.450. The van der Waals surface area contributed by atoms with E-state index in [0.29, 0.717) is 31.6 Å². The Morgan fingerprint density at radius 3 is 2.29 bits per heavy atom. The number of guanidine groups is 1. The third-order valence-corrected chi connectivity index (χ3v) is 6.93. The fourth-order valence-electron chi connectivity index (χ4n) is 3.28. The van der Waals surface area contributed by atoms with Crippen molar-refractivity contribution in [3.05, 3.63) is 0 Å². The summed E-state index contributed by atoms with van der Waals surface area (Å²) < 4.78 is 25.9. The second kappa shape index (κ2) is 9.01. The minimum Gasteiger partial charge on any atom is -0.355 e. The highest BCUT2D eigenvalue weighted by Gasteiger charge is 2.31. The van der Waals surface area contributed by atoms with E-state index in [2.05, 4.69) is 20.5 Å². The van der Waals surface area contributed by atoms with Crippen molar-refractivity contribution < 1.29 is 8.42 Å². The molecule has 1 saturated heterocycles. The third kappa shape index (κ3) is 5.60. The Balaban J connectivity index is 1.71. The first-order valence-electron chi connectivity index (χ1n) is 9.19. The van der Waals surface area contributed by atoms with Gasteiger partial charge in [-0.3, -0.25) is 4.99 Å². The lowest BCUT2D eigenvalue weighted by atomic mass is 10.1. The van der Waals surface area contributed by atoms with Crippen LogP contribution in [0.25, 0.3) is 0 Å². The highest BCUT2D eigenvalue weighted by molar-refractivity contribution is 7.89. The molecule has 0 spiro atoms. The molecule has 8 heteroatoms. The van der Waals surface area contributed by atoms with Crippen LogP contribution in [0.5, 0.6) is 0 Å². The van der Waals surface area contributed by atoms with Crippen LogP contribution in [-0.4, -0.2) is 81.2 Å². The van der Waals surface area contributed by atoms with Gasteiger partial charge in [0.05, 0.1) is 5.75 Å². The summed E-state index contributed by atoms with van der Waals surface area (Å²) in [5, 5.41) is 6.57. The van der Waals surface area contributed by atoms with E-state index in [9.17, 15) is 8.42 Å². The quantitative estimate of drug-likeness (QED) is 0.486. The molecule has 2 N–H and O–H groups in total. The molecular formula is C16H33N5O2S. The minimum absolute atomic E-state index is 0.0928. The van der Waals surface area contributed by atoms with Crippen molar-refractivity contribution >= 4 is 16.0 Å². The number of likely N-dealkylation sites (tertiary alicyclic amines) is 1. The van der Waals surface area contributed by atoms with Crippen LogP contribution in [0.3, 0.4) is 0 Å². The first-order chi connectivity index (χ1) is 11.5. The second-order valence-corrected chi connectivity index (χ2v) is 8.67. The van der Waals surface area contributed by atoms with Crippen LogP contribution in [-0.2, 0) is 10.0 Å². The largest absolute Gasteiger partial charge is 0.355 e. The van der Waals surface area contributed by atoms with E-state index in [1.165, 1.54) is 17.1 Å². The smallest absolute Gasteiger partial charge is 0.215 e. The topological polar surface area (TPSA) is 77.0 Å². The van der Waals surface area contributed by atoms with Crippen molar-refractivity contribution in [1.29, 1.82) is 0 Å². The molecule has 0 bridgehead atoms. The van der Waals surface area contributed by atoms with Gasteiger partial charge in [-0.15, -0.1) is 0 Å². The first kappa shape index (κ1) is 19.5. The Labute approximate surface area is 146 Å². The van der Waals surface area contributed by atoms with E-state index in [4.69, 9.17) is 0 Å². The summed E-state index contributed by atoms with van der Waals surface area (Å²) in [6, 6.07) is 1.26. The van der Waals surface area contributed by atoms with E-state index >= 15 is 0 Å². The van der Waals surface area contributed by atoms with E-state index in [1.807, 2.05) is 13.8 Å². The first-order valence-corrected chi connectivity index (χ1v) is 10.8. The molecule has 24 heavy (non-hydrogen) atoms. The summed E-state index contributed by atoms with van der Waals surface area (Å²) in [5.74, 6) is 0.796. The number of rotatable bonds is 8. The lowest BCUT2D eigenvalue weighted by Crippen LogP contribution is -2.50. The summed E-state index contributed by atoms with van der Waals surface area (Å²) in [7, 11) is -1.46. The molecule has 0 aromatic rings. The molecule has 0 amide bonds. The fraction of sp³-hybridized carbons (Fsp3) is 0.938. The van der Waals surface area contributed by atoms with Crippen molar-refractivity contribution in [1.82, 2.24) is 19.8 Å². The molecule has 0 unspecified atom stereocenters. The number of nitrogens with zero attached hydrogens (tertiary/aromatic N) is 3. The highest BCUT2D eigenvalue weighted by atomic mass is 32.2. The van der Waals surface area contributed by atoms with Gasteiger partial charge in [0.25, 0.3) is 0 Å². The summed E-state index contributed by atoms with van der Waals surface area (Å²) in [6.45, 7) is 7.44. The molecule has 0 aromatic heterocycles. The fourth-order valence-corrected chi connectivity index (χ4v) is 4.69. The van der Waals surface area contributed by atoms with Crippen LogP contribution in [0, 0.1) is 0 Å². The summed E-state index contributed by atoms with van der Waals surface area (Å²) in [6.07, 6.45) is 4.97. The Kier molecular flexibility index (Phi) is 7.31. The lowest BCUT2D eigenvalue weighted by Gasteiger charge is -2.33. The molecule has 1 heterocycles. The van der Waals surface area contributed by atoms with Gasteiger partial charge in [0.2, 0.25) is 10.0 Å². The van der Waals surface area contributed by atoms with Crippen LogP contribution >= 0.6 is 0 Å². The van der Waals surface area contributed by atoms with Gasteiger partial charge in [-0.2, -0.15) is 0 Å². The maximum Gasteiger partial charge on any atom is 0.215 e. The molecule has 2 rings (SSSR count). The number of aliphatic imine (C=N–C) groups is 1. The van der Waals surface area contributed by atoms with Gasteiger partial charge in [0.15, 0.2) is 5.96 Å². The van der Waals surface area contributed by atoms with Crippen molar-refractivity contribution in [3.8, 4) is 0 Å². The number of hydrogen-bond donors (Lipinski definition) is 2. The van der Waals surface area contributed by atoms with Crippen LogP contribution in [0.2, 0.25) is 0 Å². The van der Waals surface area contributed by atoms with Crippen molar-refractivity contribution in [2.45, 2.75) is 51.6 Å². The van der Waals surface area contributed by atoms with Crippen molar-refractivity contribution in [3.63, 3.8) is 0 Å². The third-order valence-electron chi connectivity index (χ3n) is 4.91. The molecule has 0 aromatic carbocycles. The Morgan fingerprint density at radius 1 is 1.17 bits per heavy atom. The molecule has 2 aliphatic rings. The minimum atomic E-state index is -3.19. The zero-order valence-corrected chi connectivity index (χ0v) is 16.1. The zero-order chi connectivity index (χ0) is 17.6. The maximum absolute atomic E-state index is 12.2. The summed E-state index contributed by atoms with van der Waals surface area (Å²) in [4.78, 5) is 6.81. The van der Waals surface area contributed by atoms with Crippen LogP contribution in [0.4, 0.5) is 0 Å². The SMILES string of the molecule is CCN(CC)S(=O)(=O)CCNC(=NC)NC1CCN(C2CC2)CC1. The Morgan fingerprint density at radius 2 is 1.79 bits per heavy atom. The predicted molar refractivity (Wildman–Crippen MR) is 98.8 cm³/mol. The average molecular weight is 360 g/mol. The van der Waals surface area contributed by atoms with E-state index < -0.39 is 10.0 Å². The van der Waals surface area contributed by atoms with Gasteiger partial charge in [-0.25, -0.2) is 12.7 Å². The molecule has 7 nitrogen and oxygen atoms in total. The van der Waals surface area contributed by atoms with E-state index in [0.717, 1.165) is 32.0 Å². The normalized spacial score (nSPS) is 21.2. The van der Waals surface area contributed by atoms with E-state index in [-0.39, 0.29) is 5.75 Å². The standard InChI is InChI=1S/C16H33N5O2S/c1-4-21(5-2)24(22,23)13-10-18-16(17-3)19-14-8-11-20(12-9-14)15-6-7-15/h14-15H,4-13H2,1-3H3,(H2,17,18,19). The van der Waals surface area contributed by atoms with Crippen LogP contribution < -0.4 is 10.6 Å². The second-order valence-electron chi connectivity index (χ2n) is 6.59. The molecule has 2 fully saturated rings. The van der Waals surface area contributed by atoms with Gasteiger partial charge in [0.1, 0.15) is 0 Å². The molecule has 1 saturated carbocycles. The zero-order valence-electron chi connectivity index (χ0n) is 15.3. The molecule has 0 atom stereocenters. The monoisotopic (exact) mass is 359 g/mol. The molecule has 1 aliphatic heterocycles. The number of sulfonamides is 1. The van der Waals surface area contributed by atoms with Gasteiger partial charge >= 0.3 is 0 Å². The molecule has 1 aliphatic carbocycles. The maximum atomic E-state index is 12.2. The van der Waals surface area contributed by atoms with Gasteiger partial charge in [-0.05, 0) is 25.7 Å². The molecule has 0 radical (unpaired) electrons. The average Bonchev–Trinajstić information content (AvgIpc) is 3.40. The van der Waals surface area contributed by atoms with Crippen LogP contribution in [0.15, 0.2) is 4.99 Å². The van der Waals surface area contributed by atoms with E-state index in [1.54, 1.807) is 7.05 Å². The highest BCUT2D eigenvalue weighted by Crippen LogP contribution is 2.29. The van der Waals surface area contributed by atoms with Crippen molar-refractivity contribution in [2.75, 3.05) is 45.5 Å². The van der Waals surface area contributed by atoms with Crippen LogP contribution in [0.1, 0.15) is 39.5 Å². The van der Waals surface area contributed by atoms with Crippen molar-refractivity contribution in [2.24, 2.45) is 4.99 Å². The summed E-state index contributed by atoms with van der Waals surface area (Å²) in [5.41, 5.74) is 0. The number of piperidine rings is 1. The number of hydrogen-bond acceptors (Lipinski definition) is 4. The summed E-state index contributed by atoms with van der Waals surface area (Å²) >= 11 is 0. The van der Waals surface area contributed by atoms with Gasteiger partial charge < -0.3 is 15.5 Å². The van der Waals surface area contributed by atoms with Gasteiger partial charge in [-0.1, -0.05) is 13.8 Å². The lowest BCUT2D eigenvalue weighted by molar-refractivity contribution is 0.197. The molecule has 140 valence electrons. The number of nitrogens with one attached hydrogen (secondary N) is 2. The van der Waals surface area contributed by atoms with Gasteiger partial charge in [0, 0.05) is 51.9 Å². The Bertz CT molecular complexity index is 507.